The molecule has 1 N–H and O–H groups in total. The van der Waals surface area contributed by atoms with Crippen LogP contribution in [-0.2, 0) is 22.7 Å². The number of carbonyl (C=O) groups is 2. The summed E-state index contributed by atoms with van der Waals surface area (Å²) in [6, 6.07) is 28.0. The average Bonchev–Trinajstić information content (AvgIpc) is 3.48. The van der Waals surface area contributed by atoms with Gasteiger partial charge in [-0.15, -0.1) is 0 Å². The van der Waals surface area contributed by atoms with Crippen LogP contribution < -0.4 is 24.3 Å². The van der Waals surface area contributed by atoms with E-state index in [1.54, 1.807) is 31.4 Å². The third-order valence-corrected chi connectivity index (χ3v) is 6.91. The molecule has 41 heavy (non-hydrogen) atoms. The van der Waals surface area contributed by atoms with E-state index in [0.717, 1.165) is 11.1 Å². The van der Waals surface area contributed by atoms with Gasteiger partial charge >= 0.3 is 0 Å². The van der Waals surface area contributed by atoms with Crippen molar-refractivity contribution in [3.63, 3.8) is 0 Å². The Morgan fingerprint density at radius 2 is 1.61 bits per heavy atom. The lowest BCUT2D eigenvalue weighted by Gasteiger charge is -2.31. The molecule has 9 heteroatoms. The van der Waals surface area contributed by atoms with Crippen LogP contribution in [0.2, 0.25) is 5.02 Å². The Bertz CT molecular complexity index is 1500. The summed E-state index contributed by atoms with van der Waals surface area (Å²) in [5, 5.41) is 3.39. The Morgan fingerprint density at radius 1 is 0.902 bits per heavy atom. The first-order chi connectivity index (χ1) is 20.0. The first-order valence-electron chi connectivity index (χ1n) is 13.0. The molecule has 0 saturated heterocycles. The number of hydrogen-bond donors (Lipinski definition) is 1. The number of hydrogen-bond acceptors (Lipinski definition) is 6. The number of carbonyl (C=O) groups excluding carboxylic acids is 2. The smallest absolute Gasteiger partial charge is 0.261 e. The quantitative estimate of drug-likeness (QED) is 0.254. The lowest BCUT2D eigenvalue weighted by molar-refractivity contribution is -0.143. The van der Waals surface area contributed by atoms with E-state index >= 15 is 0 Å². The van der Waals surface area contributed by atoms with Gasteiger partial charge in [0.15, 0.2) is 18.1 Å². The first kappa shape index (κ1) is 27.9. The lowest BCUT2D eigenvalue weighted by atomic mass is 10.0. The highest BCUT2D eigenvalue weighted by Crippen LogP contribution is 2.33. The van der Waals surface area contributed by atoms with E-state index in [9.17, 15) is 9.59 Å². The summed E-state index contributed by atoms with van der Waals surface area (Å²) in [6.07, 6.45) is 0. The Labute approximate surface area is 243 Å². The highest BCUT2D eigenvalue weighted by atomic mass is 35.5. The lowest BCUT2D eigenvalue weighted by Crippen LogP contribution is -2.45. The molecule has 0 radical (unpaired) electrons. The summed E-state index contributed by atoms with van der Waals surface area (Å²) in [4.78, 5) is 29.2. The van der Waals surface area contributed by atoms with Crippen LogP contribution in [0.5, 0.6) is 23.0 Å². The number of halogens is 1. The molecule has 0 bridgehead atoms. The molecule has 8 nitrogen and oxygen atoms in total. The predicted octanol–water partition coefficient (Wildman–Crippen LogP) is 5.54. The van der Waals surface area contributed by atoms with Crippen LogP contribution in [0.25, 0.3) is 0 Å². The number of benzene rings is 4. The molecule has 1 heterocycles. The maximum Gasteiger partial charge on any atom is 0.261 e. The van der Waals surface area contributed by atoms with Crippen LogP contribution >= 0.6 is 11.6 Å². The number of para-hydroxylation sites is 1. The molecule has 4 aromatic carbocycles. The van der Waals surface area contributed by atoms with Gasteiger partial charge in [-0.3, -0.25) is 9.59 Å². The van der Waals surface area contributed by atoms with Gasteiger partial charge < -0.3 is 29.2 Å². The van der Waals surface area contributed by atoms with Gasteiger partial charge in [0.25, 0.3) is 5.91 Å². The van der Waals surface area contributed by atoms with Crippen molar-refractivity contribution in [1.29, 1.82) is 0 Å². The number of nitrogens with zero attached hydrogens (tertiary/aromatic N) is 1. The molecule has 210 valence electrons. The van der Waals surface area contributed by atoms with Gasteiger partial charge in [-0.2, -0.15) is 0 Å². The third kappa shape index (κ3) is 6.91. The molecular weight excluding hydrogens is 544 g/mol. The molecule has 5 rings (SSSR count). The van der Waals surface area contributed by atoms with Gasteiger partial charge in [0, 0.05) is 13.1 Å². The van der Waals surface area contributed by atoms with E-state index in [2.05, 4.69) is 5.32 Å². The van der Waals surface area contributed by atoms with Gasteiger partial charge in [-0.1, -0.05) is 72.3 Å². The Kier molecular flexibility index (Phi) is 8.91. The van der Waals surface area contributed by atoms with Crippen molar-refractivity contribution in [3.05, 3.63) is 119 Å². The van der Waals surface area contributed by atoms with Crippen molar-refractivity contribution >= 4 is 23.4 Å². The summed E-state index contributed by atoms with van der Waals surface area (Å²) in [5.41, 5.74) is 2.32. The van der Waals surface area contributed by atoms with E-state index in [1.165, 1.54) is 4.90 Å². The van der Waals surface area contributed by atoms with Crippen LogP contribution in [0.15, 0.2) is 97.1 Å². The largest absolute Gasteiger partial charge is 0.497 e. The molecule has 0 spiro atoms. The molecule has 1 atom stereocenters. The van der Waals surface area contributed by atoms with Gasteiger partial charge in [-0.05, 0) is 53.1 Å². The van der Waals surface area contributed by atoms with E-state index in [0.29, 0.717) is 33.6 Å². The maximum absolute atomic E-state index is 13.9. The van der Waals surface area contributed by atoms with Crippen molar-refractivity contribution < 1.29 is 28.5 Å². The normalized spacial score (nSPS) is 12.3. The summed E-state index contributed by atoms with van der Waals surface area (Å²) in [5.74, 6) is 1.65. The number of nitrogens with one attached hydrogen (secondary N) is 1. The molecule has 2 amide bonds. The summed E-state index contributed by atoms with van der Waals surface area (Å²) in [6.45, 7) is 0.254. The highest BCUT2D eigenvalue weighted by molar-refractivity contribution is 6.32. The van der Waals surface area contributed by atoms with E-state index in [4.69, 9.17) is 30.5 Å². The van der Waals surface area contributed by atoms with Crippen LogP contribution in [0, 0.1) is 0 Å². The second-order valence-corrected chi connectivity index (χ2v) is 9.71. The highest BCUT2D eigenvalue weighted by Gasteiger charge is 2.32. The van der Waals surface area contributed by atoms with Crippen LogP contribution in [0.3, 0.4) is 0 Å². The van der Waals surface area contributed by atoms with Gasteiger partial charge in [0.05, 0.1) is 12.1 Å². The second kappa shape index (κ2) is 13.1. The maximum atomic E-state index is 13.9. The minimum atomic E-state index is -0.936. The van der Waals surface area contributed by atoms with Gasteiger partial charge in [0.1, 0.15) is 17.5 Å². The molecule has 0 aromatic heterocycles. The van der Waals surface area contributed by atoms with E-state index < -0.39 is 6.04 Å². The fraction of sp³-hybridized carbons (Fsp3) is 0.188. The molecule has 0 saturated carbocycles. The molecule has 0 fully saturated rings. The van der Waals surface area contributed by atoms with Crippen molar-refractivity contribution in [3.8, 4) is 23.0 Å². The second-order valence-electron chi connectivity index (χ2n) is 9.31. The fourth-order valence-electron chi connectivity index (χ4n) is 4.48. The zero-order valence-electron chi connectivity index (χ0n) is 22.4. The van der Waals surface area contributed by atoms with Gasteiger partial charge in [0.2, 0.25) is 12.7 Å². The first-order valence-corrected chi connectivity index (χ1v) is 13.4. The minimum Gasteiger partial charge on any atom is -0.497 e. The van der Waals surface area contributed by atoms with Crippen molar-refractivity contribution in [2.45, 2.75) is 19.1 Å². The van der Waals surface area contributed by atoms with E-state index in [-0.39, 0.29) is 38.3 Å². The Hall–Kier alpha value is -4.69. The van der Waals surface area contributed by atoms with E-state index in [1.807, 2.05) is 72.8 Å². The number of amides is 2. The molecule has 4 aromatic rings. The van der Waals surface area contributed by atoms with Crippen LogP contribution in [-0.4, -0.2) is 37.2 Å². The molecule has 1 aliphatic rings. The van der Waals surface area contributed by atoms with Crippen molar-refractivity contribution in [1.82, 2.24) is 10.2 Å². The minimum absolute atomic E-state index is 0.158. The summed E-state index contributed by atoms with van der Waals surface area (Å²) >= 11 is 6.25. The SMILES string of the molecule is COc1ccc(CN(C(=O)COc2ccccc2Cl)[C@H](C(=O)NCc2ccc3c(c2)OCO3)c2ccccc2)cc1. The molecule has 1 aliphatic heterocycles. The number of rotatable bonds is 11. The van der Waals surface area contributed by atoms with Crippen LogP contribution in [0.4, 0.5) is 0 Å². The Balaban J connectivity index is 1.42. The molecule has 0 unspecified atom stereocenters. The monoisotopic (exact) mass is 572 g/mol. The summed E-state index contributed by atoms with van der Waals surface area (Å²) < 4.78 is 21.9. The Morgan fingerprint density at radius 3 is 2.37 bits per heavy atom. The van der Waals surface area contributed by atoms with Crippen molar-refractivity contribution in [2.75, 3.05) is 20.5 Å². The average molecular weight is 573 g/mol. The topological polar surface area (TPSA) is 86.3 Å². The number of ether oxygens (including phenoxy) is 4. The number of fused-ring (bicyclic) bond motifs is 1. The molecular formula is C32H29ClN2O6. The third-order valence-electron chi connectivity index (χ3n) is 6.60. The zero-order valence-corrected chi connectivity index (χ0v) is 23.2. The van der Waals surface area contributed by atoms with Crippen LogP contribution in [0.1, 0.15) is 22.7 Å². The fourth-order valence-corrected chi connectivity index (χ4v) is 4.67. The predicted molar refractivity (Wildman–Crippen MR) is 154 cm³/mol. The number of methoxy groups -OCH3 is 1. The van der Waals surface area contributed by atoms with Gasteiger partial charge in [-0.25, -0.2) is 0 Å². The molecule has 0 aliphatic carbocycles. The van der Waals surface area contributed by atoms with Crippen molar-refractivity contribution in [2.24, 2.45) is 0 Å². The summed E-state index contributed by atoms with van der Waals surface area (Å²) in [7, 11) is 1.59. The zero-order chi connectivity index (χ0) is 28.6. The standard InChI is InChI=1S/C32H29ClN2O6/c1-38-25-14-11-22(12-15-25)19-35(30(36)20-39-27-10-6-5-9-26(27)33)31(24-7-3-2-4-8-24)32(37)34-18-23-13-16-28-29(17-23)41-21-40-28/h2-17,31H,18-21H2,1H3,(H,34,37)/t31-/m0/s1.